The molecule has 1 aliphatic heterocycles. The standard InChI is InChI=1S/C19H23NO3S/c1-14(2)17-13-16(10-11-19(17)23-3)24(21,22)20-12-6-8-15-7-4-5-9-18(15)20/h4-5,7,9-11,13-14H,6,8,12H2,1-3H3. The molecular formula is C19H23NO3S. The zero-order valence-electron chi connectivity index (χ0n) is 14.3. The number of para-hydroxylation sites is 1. The zero-order chi connectivity index (χ0) is 17.3. The van der Waals surface area contributed by atoms with E-state index in [1.807, 2.05) is 38.1 Å². The Balaban J connectivity index is 2.08. The van der Waals surface area contributed by atoms with Crippen LogP contribution in [0.5, 0.6) is 5.75 Å². The Morgan fingerprint density at radius 2 is 1.88 bits per heavy atom. The van der Waals surface area contributed by atoms with Gasteiger partial charge < -0.3 is 4.74 Å². The molecule has 24 heavy (non-hydrogen) atoms. The maximum atomic E-state index is 13.2. The quantitative estimate of drug-likeness (QED) is 0.842. The van der Waals surface area contributed by atoms with Crippen molar-refractivity contribution in [1.29, 1.82) is 0 Å². The van der Waals surface area contributed by atoms with Crippen LogP contribution < -0.4 is 9.04 Å². The average Bonchev–Trinajstić information content (AvgIpc) is 2.60. The molecule has 0 saturated carbocycles. The molecule has 2 aromatic carbocycles. The summed E-state index contributed by atoms with van der Waals surface area (Å²) in [5, 5.41) is 0. The number of ether oxygens (including phenoxy) is 1. The molecule has 0 saturated heterocycles. The second-order valence-corrected chi connectivity index (χ2v) is 8.23. The fourth-order valence-corrected chi connectivity index (χ4v) is 4.78. The van der Waals surface area contributed by atoms with Crippen molar-refractivity contribution in [2.45, 2.75) is 37.5 Å². The highest BCUT2D eigenvalue weighted by atomic mass is 32.2. The smallest absolute Gasteiger partial charge is 0.264 e. The third-order valence-electron chi connectivity index (χ3n) is 4.48. The molecule has 0 unspecified atom stereocenters. The van der Waals surface area contributed by atoms with E-state index in [9.17, 15) is 8.42 Å². The summed E-state index contributed by atoms with van der Waals surface area (Å²) in [7, 11) is -1.97. The lowest BCUT2D eigenvalue weighted by Gasteiger charge is -2.30. The van der Waals surface area contributed by atoms with Crippen molar-refractivity contribution in [3.63, 3.8) is 0 Å². The monoisotopic (exact) mass is 345 g/mol. The average molecular weight is 345 g/mol. The molecule has 1 aliphatic rings. The van der Waals surface area contributed by atoms with Gasteiger partial charge in [0.1, 0.15) is 5.75 Å². The molecule has 2 aromatic rings. The Bertz CT molecular complexity index is 843. The fraction of sp³-hybridized carbons (Fsp3) is 0.368. The first-order valence-electron chi connectivity index (χ1n) is 8.23. The van der Waals surface area contributed by atoms with Gasteiger partial charge in [0.2, 0.25) is 0 Å². The second kappa shape index (κ2) is 6.48. The molecule has 0 aliphatic carbocycles. The van der Waals surface area contributed by atoms with Crippen molar-refractivity contribution >= 4 is 15.7 Å². The van der Waals surface area contributed by atoms with Gasteiger partial charge in [0.25, 0.3) is 10.0 Å². The Hall–Kier alpha value is -2.01. The lowest BCUT2D eigenvalue weighted by Crippen LogP contribution is -2.35. The third-order valence-corrected chi connectivity index (χ3v) is 6.29. The second-order valence-electron chi connectivity index (χ2n) is 6.37. The van der Waals surface area contributed by atoms with Crippen LogP contribution in [0.25, 0.3) is 0 Å². The minimum absolute atomic E-state index is 0.184. The minimum atomic E-state index is -3.58. The fourth-order valence-electron chi connectivity index (χ4n) is 3.20. The van der Waals surface area contributed by atoms with E-state index in [0.29, 0.717) is 11.4 Å². The van der Waals surface area contributed by atoms with Crippen LogP contribution in [0.4, 0.5) is 5.69 Å². The Kier molecular flexibility index (Phi) is 4.54. The summed E-state index contributed by atoms with van der Waals surface area (Å²) in [5.41, 5.74) is 2.79. The molecule has 4 nitrogen and oxygen atoms in total. The minimum Gasteiger partial charge on any atom is -0.496 e. The number of anilines is 1. The van der Waals surface area contributed by atoms with Crippen molar-refractivity contribution < 1.29 is 13.2 Å². The maximum absolute atomic E-state index is 13.2. The third kappa shape index (κ3) is 2.88. The van der Waals surface area contributed by atoms with Crippen molar-refractivity contribution in [2.75, 3.05) is 18.0 Å². The summed E-state index contributed by atoms with van der Waals surface area (Å²) in [6.07, 6.45) is 1.76. The summed E-state index contributed by atoms with van der Waals surface area (Å²) in [5.74, 6) is 0.909. The lowest BCUT2D eigenvalue weighted by molar-refractivity contribution is 0.407. The normalized spacial score (nSPS) is 14.6. The van der Waals surface area contributed by atoms with E-state index >= 15 is 0 Å². The molecule has 5 heteroatoms. The van der Waals surface area contributed by atoms with Crippen LogP contribution >= 0.6 is 0 Å². The Labute approximate surface area is 144 Å². The Morgan fingerprint density at radius 3 is 2.58 bits per heavy atom. The van der Waals surface area contributed by atoms with Gasteiger partial charge in [-0.25, -0.2) is 8.42 Å². The molecule has 0 spiro atoms. The van der Waals surface area contributed by atoms with E-state index in [-0.39, 0.29) is 5.92 Å². The number of aryl methyl sites for hydroxylation is 1. The van der Waals surface area contributed by atoms with Gasteiger partial charge in [0.05, 0.1) is 17.7 Å². The predicted octanol–water partition coefficient (Wildman–Crippen LogP) is 3.96. The van der Waals surface area contributed by atoms with Crippen LogP contribution in [0.2, 0.25) is 0 Å². The highest BCUT2D eigenvalue weighted by Gasteiger charge is 2.29. The van der Waals surface area contributed by atoms with Crippen LogP contribution in [-0.2, 0) is 16.4 Å². The SMILES string of the molecule is COc1ccc(S(=O)(=O)N2CCCc3ccccc32)cc1C(C)C. The van der Waals surface area contributed by atoms with E-state index in [1.165, 1.54) is 4.31 Å². The molecule has 0 fully saturated rings. The van der Waals surface area contributed by atoms with Gasteiger partial charge in [0, 0.05) is 6.54 Å². The van der Waals surface area contributed by atoms with E-state index in [2.05, 4.69) is 0 Å². The van der Waals surface area contributed by atoms with E-state index in [1.54, 1.807) is 25.3 Å². The topological polar surface area (TPSA) is 46.6 Å². The number of sulfonamides is 1. The highest BCUT2D eigenvalue weighted by molar-refractivity contribution is 7.92. The lowest BCUT2D eigenvalue weighted by atomic mass is 10.0. The largest absolute Gasteiger partial charge is 0.496 e. The molecule has 0 aromatic heterocycles. The van der Waals surface area contributed by atoms with Gasteiger partial charge in [0.15, 0.2) is 0 Å². The number of nitrogens with zero attached hydrogens (tertiary/aromatic N) is 1. The summed E-state index contributed by atoms with van der Waals surface area (Å²) in [6, 6.07) is 12.9. The predicted molar refractivity (Wildman–Crippen MR) is 96.4 cm³/mol. The van der Waals surface area contributed by atoms with Crippen molar-refractivity contribution in [3.05, 3.63) is 53.6 Å². The van der Waals surface area contributed by atoms with E-state index in [0.717, 1.165) is 35.4 Å². The highest BCUT2D eigenvalue weighted by Crippen LogP contribution is 2.34. The zero-order valence-corrected chi connectivity index (χ0v) is 15.1. The Morgan fingerprint density at radius 1 is 1.12 bits per heavy atom. The van der Waals surface area contributed by atoms with E-state index < -0.39 is 10.0 Å². The molecule has 1 heterocycles. The van der Waals surface area contributed by atoms with Gasteiger partial charge in [-0.15, -0.1) is 0 Å². The van der Waals surface area contributed by atoms with Crippen LogP contribution in [-0.4, -0.2) is 22.1 Å². The van der Waals surface area contributed by atoms with Gasteiger partial charge in [-0.2, -0.15) is 0 Å². The van der Waals surface area contributed by atoms with Crippen molar-refractivity contribution in [3.8, 4) is 5.75 Å². The summed E-state index contributed by atoms with van der Waals surface area (Å²) in [4.78, 5) is 0.323. The number of benzene rings is 2. The van der Waals surface area contributed by atoms with Gasteiger partial charge in [-0.1, -0.05) is 32.0 Å². The molecule has 3 rings (SSSR count). The molecule has 0 bridgehead atoms. The first kappa shape index (κ1) is 16.8. The molecular weight excluding hydrogens is 322 g/mol. The van der Waals surface area contributed by atoms with E-state index in [4.69, 9.17) is 4.74 Å². The van der Waals surface area contributed by atoms with Crippen LogP contribution in [0.15, 0.2) is 47.4 Å². The molecule has 0 atom stereocenters. The number of fused-ring (bicyclic) bond motifs is 1. The summed E-state index contributed by atoms with van der Waals surface area (Å²) in [6.45, 7) is 4.58. The van der Waals surface area contributed by atoms with Crippen LogP contribution in [0, 0.1) is 0 Å². The van der Waals surface area contributed by atoms with Crippen molar-refractivity contribution in [1.82, 2.24) is 0 Å². The molecule has 0 amide bonds. The maximum Gasteiger partial charge on any atom is 0.264 e. The summed E-state index contributed by atoms with van der Waals surface area (Å²) < 4.78 is 33.3. The number of hydrogen-bond acceptors (Lipinski definition) is 3. The molecule has 128 valence electrons. The number of methoxy groups -OCH3 is 1. The van der Waals surface area contributed by atoms with Gasteiger partial charge in [-0.3, -0.25) is 4.31 Å². The number of rotatable bonds is 4. The van der Waals surface area contributed by atoms with Crippen LogP contribution in [0.3, 0.4) is 0 Å². The number of hydrogen-bond donors (Lipinski definition) is 0. The van der Waals surface area contributed by atoms with Crippen molar-refractivity contribution in [2.24, 2.45) is 0 Å². The van der Waals surface area contributed by atoms with Gasteiger partial charge in [-0.05, 0) is 54.2 Å². The first-order valence-corrected chi connectivity index (χ1v) is 9.67. The first-order chi connectivity index (χ1) is 11.4. The molecule has 0 radical (unpaired) electrons. The van der Waals surface area contributed by atoms with Gasteiger partial charge >= 0.3 is 0 Å². The van der Waals surface area contributed by atoms with Crippen LogP contribution in [0.1, 0.15) is 37.3 Å². The molecule has 0 N–H and O–H groups in total. The summed E-state index contributed by atoms with van der Waals surface area (Å²) >= 11 is 0.